The number of hydrogen-bond acceptors (Lipinski definition) is 3. The zero-order valence-corrected chi connectivity index (χ0v) is 8.80. The number of nitrogen functional groups attached to an aromatic ring is 1. The predicted octanol–water partition coefficient (Wildman–Crippen LogP) is 1.88. The Morgan fingerprint density at radius 2 is 2.33 bits per heavy atom. The summed E-state index contributed by atoms with van der Waals surface area (Å²) in [7, 11) is 1.98. The Labute approximate surface area is 80.7 Å². The maximum atomic E-state index is 5.70. The molecule has 1 rings (SSSR count). The fourth-order valence-corrected chi connectivity index (χ4v) is 1.03. The second-order valence-corrected chi connectivity index (χ2v) is 3.43. The second-order valence-electron chi connectivity index (χ2n) is 2.58. The highest BCUT2D eigenvalue weighted by atomic mass is 79.9. The molecule has 1 heterocycles. The van der Waals surface area contributed by atoms with Crippen molar-refractivity contribution in [2.45, 2.75) is 6.92 Å². The number of rotatable bonds is 2. The quantitative estimate of drug-likeness (QED) is 0.843. The Kier molecular flexibility index (Phi) is 2.92. The third-order valence-corrected chi connectivity index (χ3v) is 2.40. The molecule has 0 spiro atoms. The molecule has 2 N–H and O–H groups in total. The molecule has 0 amide bonds. The first kappa shape index (κ1) is 9.32. The van der Waals surface area contributed by atoms with Crippen molar-refractivity contribution in [3.8, 4) is 0 Å². The number of hydrogen-bond donors (Lipinski definition) is 1. The molecular weight excluding hydrogens is 218 g/mol. The van der Waals surface area contributed by atoms with Crippen molar-refractivity contribution in [1.82, 2.24) is 4.98 Å². The number of anilines is 2. The van der Waals surface area contributed by atoms with Crippen molar-refractivity contribution in [3.05, 3.63) is 16.7 Å². The van der Waals surface area contributed by atoms with E-state index in [0.717, 1.165) is 22.5 Å². The summed E-state index contributed by atoms with van der Waals surface area (Å²) in [6.45, 7) is 2.99. The van der Waals surface area contributed by atoms with Crippen LogP contribution in [-0.2, 0) is 0 Å². The minimum absolute atomic E-state index is 0.723. The fourth-order valence-electron chi connectivity index (χ4n) is 0.813. The second kappa shape index (κ2) is 3.76. The van der Waals surface area contributed by atoms with Crippen molar-refractivity contribution in [3.63, 3.8) is 0 Å². The van der Waals surface area contributed by atoms with Gasteiger partial charge in [0, 0.05) is 25.9 Å². The Morgan fingerprint density at radius 1 is 1.67 bits per heavy atom. The van der Waals surface area contributed by atoms with Gasteiger partial charge in [0.05, 0.1) is 10.2 Å². The van der Waals surface area contributed by atoms with E-state index in [4.69, 9.17) is 5.73 Å². The molecule has 0 unspecified atom stereocenters. The van der Waals surface area contributed by atoms with Gasteiger partial charge in [-0.1, -0.05) is 0 Å². The van der Waals surface area contributed by atoms with Gasteiger partial charge >= 0.3 is 0 Å². The molecule has 0 aliphatic heterocycles. The van der Waals surface area contributed by atoms with Crippen LogP contribution in [0.4, 0.5) is 11.5 Å². The van der Waals surface area contributed by atoms with Crippen LogP contribution >= 0.6 is 15.9 Å². The van der Waals surface area contributed by atoms with Gasteiger partial charge in [-0.25, -0.2) is 4.98 Å². The molecule has 0 fully saturated rings. The van der Waals surface area contributed by atoms with E-state index in [1.54, 1.807) is 6.20 Å². The van der Waals surface area contributed by atoms with E-state index < -0.39 is 0 Å². The number of nitrogens with two attached hydrogens (primary N) is 1. The molecule has 1 aromatic heterocycles. The van der Waals surface area contributed by atoms with E-state index in [2.05, 4.69) is 27.8 Å². The molecule has 66 valence electrons. The van der Waals surface area contributed by atoms with Crippen molar-refractivity contribution in [2.24, 2.45) is 0 Å². The van der Waals surface area contributed by atoms with Gasteiger partial charge in [0.15, 0.2) is 0 Å². The summed E-state index contributed by atoms with van der Waals surface area (Å²) in [6, 6.07) is 1.85. The molecule has 0 aromatic carbocycles. The Hall–Kier alpha value is -0.770. The average molecular weight is 230 g/mol. The Bertz CT molecular complexity index is 275. The first-order chi connectivity index (χ1) is 5.65. The van der Waals surface area contributed by atoms with E-state index in [0.29, 0.717) is 0 Å². The third-order valence-electron chi connectivity index (χ3n) is 1.74. The minimum atomic E-state index is 0.723. The van der Waals surface area contributed by atoms with E-state index in [9.17, 15) is 0 Å². The highest BCUT2D eigenvalue weighted by Gasteiger charge is 2.01. The molecule has 1 aromatic rings. The van der Waals surface area contributed by atoms with Gasteiger partial charge in [-0.2, -0.15) is 0 Å². The summed E-state index contributed by atoms with van der Waals surface area (Å²) in [5.41, 5.74) is 6.42. The first-order valence-electron chi connectivity index (χ1n) is 3.77. The van der Waals surface area contributed by atoms with Gasteiger partial charge < -0.3 is 10.6 Å². The summed E-state index contributed by atoms with van der Waals surface area (Å²) >= 11 is 3.29. The maximum Gasteiger partial charge on any atom is 0.130 e. The summed E-state index contributed by atoms with van der Waals surface area (Å²) < 4.78 is 0.843. The smallest absolute Gasteiger partial charge is 0.130 e. The van der Waals surface area contributed by atoms with Gasteiger partial charge in [0.2, 0.25) is 0 Å². The molecule has 0 bridgehead atoms. The van der Waals surface area contributed by atoms with Gasteiger partial charge in [-0.3, -0.25) is 0 Å². The lowest BCUT2D eigenvalue weighted by atomic mass is 10.4. The summed E-state index contributed by atoms with van der Waals surface area (Å²) in [5.74, 6) is 0.901. The topological polar surface area (TPSA) is 42.1 Å². The van der Waals surface area contributed by atoms with Crippen LogP contribution in [0.25, 0.3) is 0 Å². The fraction of sp³-hybridized carbons (Fsp3) is 0.375. The van der Waals surface area contributed by atoms with Gasteiger partial charge in [0.25, 0.3) is 0 Å². The van der Waals surface area contributed by atoms with Crippen LogP contribution < -0.4 is 10.6 Å². The molecule has 4 heteroatoms. The number of nitrogens with zero attached hydrogens (tertiary/aromatic N) is 2. The molecule has 0 saturated heterocycles. The third kappa shape index (κ3) is 1.88. The monoisotopic (exact) mass is 229 g/mol. The van der Waals surface area contributed by atoms with Crippen molar-refractivity contribution in [2.75, 3.05) is 24.2 Å². The molecule has 12 heavy (non-hydrogen) atoms. The first-order valence-corrected chi connectivity index (χ1v) is 4.56. The van der Waals surface area contributed by atoms with E-state index in [1.165, 1.54) is 0 Å². The lowest BCUT2D eigenvalue weighted by molar-refractivity contribution is 0.938. The molecular formula is C8H12BrN3. The largest absolute Gasteiger partial charge is 0.398 e. The normalized spacial score (nSPS) is 9.92. The molecule has 0 atom stereocenters. The summed E-state index contributed by atoms with van der Waals surface area (Å²) in [6.07, 6.45) is 1.72. The summed E-state index contributed by atoms with van der Waals surface area (Å²) in [4.78, 5) is 6.24. The SMILES string of the molecule is CCN(C)c1cc(N)c(Br)cn1. The van der Waals surface area contributed by atoms with Crippen LogP contribution in [0, 0.1) is 0 Å². The van der Waals surface area contributed by atoms with Crippen molar-refractivity contribution in [1.29, 1.82) is 0 Å². The van der Waals surface area contributed by atoms with Crippen LogP contribution in [0.5, 0.6) is 0 Å². The van der Waals surface area contributed by atoms with Crippen LogP contribution in [0.2, 0.25) is 0 Å². The van der Waals surface area contributed by atoms with E-state index in [1.807, 2.05) is 18.0 Å². The minimum Gasteiger partial charge on any atom is -0.398 e. The van der Waals surface area contributed by atoms with Gasteiger partial charge in [-0.05, 0) is 22.9 Å². The number of pyridine rings is 1. The molecule has 0 saturated carbocycles. The lowest BCUT2D eigenvalue weighted by Gasteiger charge is -2.15. The molecule has 3 nitrogen and oxygen atoms in total. The van der Waals surface area contributed by atoms with Crippen LogP contribution in [0.1, 0.15) is 6.92 Å². The van der Waals surface area contributed by atoms with Gasteiger partial charge in [0.1, 0.15) is 5.82 Å². The average Bonchev–Trinajstić information content (AvgIpc) is 2.08. The number of aromatic nitrogens is 1. The predicted molar refractivity (Wildman–Crippen MR) is 55.3 cm³/mol. The number of halogens is 1. The zero-order valence-electron chi connectivity index (χ0n) is 7.21. The van der Waals surface area contributed by atoms with Crippen LogP contribution in [0.15, 0.2) is 16.7 Å². The van der Waals surface area contributed by atoms with Crippen LogP contribution in [-0.4, -0.2) is 18.6 Å². The molecule has 0 aliphatic carbocycles. The zero-order chi connectivity index (χ0) is 9.14. The van der Waals surface area contributed by atoms with Crippen molar-refractivity contribution >= 4 is 27.4 Å². The van der Waals surface area contributed by atoms with Crippen LogP contribution in [0.3, 0.4) is 0 Å². The Morgan fingerprint density at radius 3 is 2.83 bits per heavy atom. The Balaban J connectivity index is 2.96. The molecule has 0 aliphatic rings. The maximum absolute atomic E-state index is 5.70. The van der Waals surface area contributed by atoms with E-state index >= 15 is 0 Å². The standard InChI is InChI=1S/C8H12BrN3/c1-3-12(2)8-4-7(10)6(9)5-11-8/h4-5H,3H2,1-2H3,(H2,10,11). The molecule has 0 radical (unpaired) electrons. The van der Waals surface area contributed by atoms with Crippen molar-refractivity contribution < 1.29 is 0 Å². The summed E-state index contributed by atoms with van der Waals surface area (Å²) in [5, 5.41) is 0. The van der Waals surface area contributed by atoms with Gasteiger partial charge in [-0.15, -0.1) is 0 Å². The highest BCUT2D eigenvalue weighted by Crippen LogP contribution is 2.21. The van der Waals surface area contributed by atoms with E-state index in [-0.39, 0.29) is 0 Å². The lowest BCUT2D eigenvalue weighted by Crippen LogP contribution is -2.17. The highest BCUT2D eigenvalue weighted by molar-refractivity contribution is 9.10.